The highest BCUT2D eigenvalue weighted by atomic mass is 32.2. The molecule has 8 nitrogen and oxygen atoms in total. The minimum atomic E-state index is -0.495. The van der Waals surface area contributed by atoms with Gasteiger partial charge in [0.15, 0.2) is 0 Å². The fourth-order valence-corrected chi connectivity index (χ4v) is 2.37. The van der Waals surface area contributed by atoms with Crippen molar-refractivity contribution in [3.8, 4) is 0 Å². The molecule has 24 heavy (non-hydrogen) atoms. The molecule has 0 saturated heterocycles. The van der Waals surface area contributed by atoms with Gasteiger partial charge in [-0.2, -0.15) is 9.78 Å². The maximum Gasteiger partial charge on any atom is 0.297 e. The van der Waals surface area contributed by atoms with E-state index in [-0.39, 0.29) is 11.4 Å². The van der Waals surface area contributed by atoms with Crippen LogP contribution < -0.4 is 5.56 Å². The van der Waals surface area contributed by atoms with E-state index in [9.17, 15) is 14.9 Å². The van der Waals surface area contributed by atoms with Crippen molar-refractivity contribution in [3.63, 3.8) is 0 Å². The van der Waals surface area contributed by atoms with Gasteiger partial charge in [-0.3, -0.25) is 14.9 Å². The van der Waals surface area contributed by atoms with Crippen LogP contribution in [0.25, 0.3) is 0 Å². The van der Waals surface area contributed by atoms with E-state index < -0.39 is 15.9 Å². The Morgan fingerprint density at radius 2 is 1.96 bits per heavy atom. The monoisotopic (exact) mass is 347 g/mol. The summed E-state index contributed by atoms with van der Waals surface area (Å²) in [7, 11) is 0. The summed E-state index contributed by atoms with van der Waals surface area (Å²) in [5, 5.41) is 23.5. The summed E-state index contributed by atoms with van der Waals surface area (Å²) < 4.78 is 1.12. The van der Waals surface area contributed by atoms with Crippen LogP contribution in [0.2, 0.25) is 0 Å². The van der Waals surface area contributed by atoms with Crippen molar-refractivity contribution < 1.29 is 4.92 Å². The molecular weight excluding hydrogens is 330 g/mol. The second-order valence-electron chi connectivity index (χ2n) is 5.96. The molecule has 0 amide bonds. The molecule has 9 heteroatoms. The van der Waals surface area contributed by atoms with E-state index >= 15 is 0 Å². The Morgan fingerprint density at radius 3 is 2.54 bits per heavy atom. The van der Waals surface area contributed by atoms with Crippen molar-refractivity contribution in [3.05, 3.63) is 56.0 Å². The van der Waals surface area contributed by atoms with Crippen molar-refractivity contribution in [1.29, 1.82) is 0 Å². The van der Waals surface area contributed by atoms with Gasteiger partial charge < -0.3 is 0 Å². The Balaban J connectivity index is 2.57. The Hall–Kier alpha value is -2.55. The molecule has 1 heterocycles. The average Bonchev–Trinajstić information content (AvgIpc) is 2.52. The molecule has 0 aliphatic heterocycles. The van der Waals surface area contributed by atoms with Gasteiger partial charge in [0.05, 0.1) is 16.7 Å². The van der Waals surface area contributed by atoms with Gasteiger partial charge in [-0.1, -0.05) is 44.7 Å². The predicted octanol–water partition coefficient (Wildman–Crippen LogP) is 2.45. The van der Waals surface area contributed by atoms with Gasteiger partial charge in [0.2, 0.25) is 5.16 Å². The van der Waals surface area contributed by atoms with Crippen molar-refractivity contribution >= 4 is 23.7 Å². The maximum atomic E-state index is 12.6. The van der Waals surface area contributed by atoms with Crippen LogP contribution in [0.4, 0.5) is 5.69 Å². The number of nitro groups is 1. The lowest BCUT2D eigenvalue weighted by molar-refractivity contribution is -0.385. The molecule has 0 N–H and O–H groups in total. The molecule has 0 unspecified atom stereocenters. The molecule has 1 aromatic heterocycles. The molecule has 0 aliphatic carbocycles. The van der Waals surface area contributed by atoms with Crippen LogP contribution in [-0.4, -0.2) is 32.3 Å². The Kier molecular flexibility index (Phi) is 5.13. The number of nitro benzene ring substituents is 1. The summed E-state index contributed by atoms with van der Waals surface area (Å²) in [5.41, 5.74) is -0.387. The average molecular weight is 347 g/mol. The highest BCUT2D eigenvalue weighted by molar-refractivity contribution is 7.98. The van der Waals surface area contributed by atoms with Crippen molar-refractivity contribution in [1.82, 2.24) is 14.9 Å². The molecule has 0 atom stereocenters. The first-order valence-corrected chi connectivity index (χ1v) is 8.30. The molecule has 0 saturated carbocycles. The fraction of sp³-hybridized carbons (Fsp3) is 0.333. The normalized spacial score (nSPS) is 11.8. The molecular formula is C15H17N5O3S. The van der Waals surface area contributed by atoms with E-state index in [1.165, 1.54) is 24.0 Å². The Bertz CT molecular complexity index is 855. The molecule has 126 valence electrons. The van der Waals surface area contributed by atoms with Crippen LogP contribution in [0.1, 0.15) is 32.0 Å². The van der Waals surface area contributed by atoms with Gasteiger partial charge in [0, 0.05) is 11.5 Å². The smallest absolute Gasteiger partial charge is 0.265 e. The quantitative estimate of drug-likeness (QED) is 0.364. The first-order valence-electron chi connectivity index (χ1n) is 7.07. The van der Waals surface area contributed by atoms with Crippen LogP contribution in [0, 0.1) is 10.1 Å². The summed E-state index contributed by atoms with van der Waals surface area (Å²) in [5.74, 6) is 0. The zero-order valence-electron chi connectivity index (χ0n) is 13.8. The fourth-order valence-electron chi connectivity index (χ4n) is 1.95. The van der Waals surface area contributed by atoms with Gasteiger partial charge in [0.25, 0.3) is 11.2 Å². The van der Waals surface area contributed by atoms with Gasteiger partial charge >= 0.3 is 0 Å². The van der Waals surface area contributed by atoms with E-state index in [2.05, 4.69) is 15.3 Å². The number of benzene rings is 1. The highest BCUT2D eigenvalue weighted by Crippen LogP contribution is 2.18. The molecule has 0 radical (unpaired) electrons. The third-order valence-corrected chi connectivity index (χ3v) is 3.77. The summed E-state index contributed by atoms with van der Waals surface area (Å²) in [4.78, 5) is 23.2. The number of nitrogens with zero attached hydrogens (tertiary/aromatic N) is 5. The second kappa shape index (κ2) is 6.91. The summed E-state index contributed by atoms with van der Waals surface area (Å²) in [6.07, 6.45) is 3.03. The topological polar surface area (TPSA) is 103 Å². The zero-order valence-corrected chi connectivity index (χ0v) is 14.6. The van der Waals surface area contributed by atoms with E-state index in [0.29, 0.717) is 10.7 Å². The molecule has 0 bridgehead atoms. The van der Waals surface area contributed by atoms with Crippen LogP contribution in [-0.2, 0) is 5.41 Å². The second-order valence-corrected chi connectivity index (χ2v) is 6.74. The Morgan fingerprint density at radius 1 is 1.29 bits per heavy atom. The SMILES string of the molecule is CSc1nnc(C(C)(C)C)c(=O)n1/N=C/c1ccccc1[N+](=O)[O-]. The number of thioether (sulfide) groups is 1. The van der Waals surface area contributed by atoms with Crippen LogP contribution >= 0.6 is 11.8 Å². The van der Waals surface area contributed by atoms with E-state index in [4.69, 9.17) is 0 Å². The van der Waals surface area contributed by atoms with E-state index in [0.717, 1.165) is 4.68 Å². The molecule has 0 aliphatic rings. The lowest BCUT2D eigenvalue weighted by Crippen LogP contribution is -2.32. The van der Waals surface area contributed by atoms with E-state index in [1.807, 2.05) is 20.8 Å². The molecule has 0 spiro atoms. The predicted molar refractivity (Wildman–Crippen MR) is 92.9 cm³/mol. The number of hydrogen-bond donors (Lipinski definition) is 0. The molecule has 0 fully saturated rings. The molecule has 2 aromatic rings. The first kappa shape index (κ1) is 17.8. The van der Waals surface area contributed by atoms with Crippen molar-refractivity contribution in [2.75, 3.05) is 6.26 Å². The van der Waals surface area contributed by atoms with Crippen LogP contribution in [0.3, 0.4) is 0 Å². The minimum absolute atomic E-state index is 0.0851. The van der Waals surface area contributed by atoms with Crippen LogP contribution in [0.15, 0.2) is 39.3 Å². The van der Waals surface area contributed by atoms with Gasteiger partial charge in [0.1, 0.15) is 5.69 Å². The third-order valence-electron chi connectivity index (χ3n) is 3.15. The molecule has 1 aromatic carbocycles. The highest BCUT2D eigenvalue weighted by Gasteiger charge is 2.23. The summed E-state index contributed by atoms with van der Waals surface area (Å²) >= 11 is 1.22. The number of hydrogen-bond acceptors (Lipinski definition) is 7. The number of para-hydroxylation sites is 1. The van der Waals surface area contributed by atoms with Gasteiger partial charge in [-0.05, 0) is 12.3 Å². The van der Waals surface area contributed by atoms with E-state index in [1.54, 1.807) is 24.5 Å². The first-order chi connectivity index (χ1) is 11.3. The maximum absolute atomic E-state index is 12.6. The van der Waals surface area contributed by atoms with Crippen molar-refractivity contribution in [2.24, 2.45) is 5.10 Å². The van der Waals surface area contributed by atoms with Crippen molar-refractivity contribution in [2.45, 2.75) is 31.3 Å². The minimum Gasteiger partial charge on any atom is -0.265 e. The summed E-state index contributed by atoms with van der Waals surface area (Å²) in [6.45, 7) is 5.56. The number of aromatic nitrogens is 3. The van der Waals surface area contributed by atoms with Gasteiger partial charge in [-0.25, -0.2) is 0 Å². The third kappa shape index (κ3) is 3.67. The number of rotatable bonds is 4. The largest absolute Gasteiger partial charge is 0.297 e. The zero-order chi connectivity index (χ0) is 17.9. The van der Waals surface area contributed by atoms with Gasteiger partial charge in [-0.15, -0.1) is 10.2 Å². The van der Waals surface area contributed by atoms with Crippen LogP contribution in [0.5, 0.6) is 0 Å². The lowest BCUT2D eigenvalue weighted by Gasteiger charge is -2.16. The lowest BCUT2D eigenvalue weighted by atomic mass is 9.93. The summed E-state index contributed by atoms with van der Waals surface area (Å²) in [6, 6.07) is 6.17. The Labute approximate surface area is 142 Å². The molecule has 2 rings (SSSR count). The standard InChI is InChI=1S/C15H17N5O3S/c1-15(2,3)12-13(21)19(14(24-4)18-17-12)16-9-10-7-5-6-8-11(10)20(22)23/h5-9H,1-4H3/b16-9+.